The Hall–Kier alpha value is -2.29. The normalized spacial score (nSPS) is 12.6. The molecule has 0 heterocycles. The average Bonchev–Trinajstić information content (AvgIpc) is 2.64. The first kappa shape index (κ1) is 21.0. The molecule has 0 bridgehead atoms. The second-order valence-electron chi connectivity index (χ2n) is 6.27. The zero-order valence-electron chi connectivity index (χ0n) is 15.1. The van der Waals surface area contributed by atoms with Crippen LogP contribution in [0, 0.1) is 11.7 Å². The Balaban J connectivity index is 1.97. The molecule has 1 unspecified atom stereocenters. The number of halogens is 1. The van der Waals surface area contributed by atoms with Gasteiger partial charge in [-0.1, -0.05) is 25.1 Å². The minimum absolute atomic E-state index is 0.0566. The number of sulfonamides is 1. The maximum atomic E-state index is 13.2. The Morgan fingerprint density at radius 2 is 1.93 bits per heavy atom. The molecule has 146 valence electrons. The van der Waals surface area contributed by atoms with Gasteiger partial charge in [0.05, 0.1) is 4.90 Å². The first-order valence-electron chi connectivity index (χ1n) is 8.67. The van der Waals surface area contributed by atoms with E-state index in [4.69, 9.17) is 5.73 Å². The minimum atomic E-state index is -3.67. The van der Waals surface area contributed by atoms with Gasteiger partial charge in [0, 0.05) is 24.7 Å². The molecule has 0 saturated carbocycles. The van der Waals surface area contributed by atoms with E-state index in [-0.39, 0.29) is 35.6 Å². The molecule has 0 aliphatic heterocycles. The summed E-state index contributed by atoms with van der Waals surface area (Å²) in [6.45, 7) is 2.10. The van der Waals surface area contributed by atoms with E-state index in [0.29, 0.717) is 18.5 Å². The van der Waals surface area contributed by atoms with Gasteiger partial charge in [-0.25, -0.2) is 17.5 Å². The second-order valence-corrected chi connectivity index (χ2v) is 8.04. The van der Waals surface area contributed by atoms with E-state index in [1.54, 1.807) is 25.1 Å². The summed E-state index contributed by atoms with van der Waals surface area (Å²) in [7, 11) is -3.67. The third-order valence-corrected chi connectivity index (χ3v) is 5.51. The fraction of sp³-hybridized carbons (Fsp3) is 0.316. The Bertz CT molecular complexity index is 887. The first-order chi connectivity index (χ1) is 12.8. The molecule has 1 atom stereocenters. The third kappa shape index (κ3) is 6.42. The van der Waals surface area contributed by atoms with Crippen LogP contribution in [0.15, 0.2) is 53.4 Å². The van der Waals surface area contributed by atoms with Crippen molar-refractivity contribution < 1.29 is 17.6 Å². The third-order valence-electron chi connectivity index (χ3n) is 4.05. The monoisotopic (exact) mass is 393 g/mol. The van der Waals surface area contributed by atoms with Gasteiger partial charge in [-0.3, -0.25) is 4.79 Å². The highest BCUT2D eigenvalue weighted by molar-refractivity contribution is 7.89. The van der Waals surface area contributed by atoms with Gasteiger partial charge in [0.1, 0.15) is 5.82 Å². The molecule has 8 heteroatoms. The number of nitrogens with two attached hydrogens (primary N) is 1. The summed E-state index contributed by atoms with van der Waals surface area (Å²) in [4.78, 5) is 12.4. The lowest BCUT2D eigenvalue weighted by Gasteiger charge is -2.13. The Labute approximate surface area is 159 Å². The highest BCUT2D eigenvalue weighted by Crippen LogP contribution is 2.18. The molecule has 0 aromatic heterocycles. The zero-order valence-corrected chi connectivity index (χ0v) is 15.9. The van der Waals surface area contributed by atoms with Crippen LogP contribution in [0.5, 0.6) is 0 Å². The number of hydrogen-bond donors (Lipinski definition) is 3. The van der Waals surface area contributed by atoms with Gasteiger partial charge >= 0.3 is 0 Å². The summed E-state index contributed by atoms with van der Waals surface area (Å²) in [5.74, 6) is -0.842. The molecule has 0 fully saturated rings. The molecular formula is C19H24FN3O3S. The lowest BCUT2D eigenvalue weighted by Crippen LogP contribution is -2.29. The fourth-order valence-electron chi connectivity index (χ4n) is 2.49. The maximum absolute atomic E-state index is 13.2. The molecule has 2 rings (SSSR count). The van der Waals surface area contributed by atoms with Gasteiger partial charge in [-0.05, 0) is 48.7 Å². The zero-order chi connectivity index (χ0) is 19.9. The minimum Gasteiger partial charge on any atom is -0.329 e. The molecule has 2 aromatic carbocycles. The van der Waals surface area contributed by atoms with E-state index in [9.17, 15) is 17.6 Å². The lowest BCUT2D eigenvalue weighted by atomic mass is 10.0. The summed E-state index contributed by atoms with van der Waals surface area (Å²) >= 11 is 0. The average molecular weight is 393 g/mol. The van der Waals surface area contributed by atoms with Gasteiger partial charge in [0.25, 0.3) is 0 Å². The van der Waals surface area contributed by atoms with Crippen molar-refractivity contribution in [3.63, 3.8) is 0 Å². The number of amides is 1. The van der Waals surface area contributed by atoms with Crippen molar-refractivity contribution in [2.24, 2.45) is 11.7 Å². The van der Waals surface area contributed by atoms with Gasteiger partial charge in [0.2, 0.25) is 15.9 Å². The van der Waals surface area contributed by atoms with Crippen molar-refractivity contribution in [3.05, 3.63) is 59.9 Å². The van der Waals surface area contributed by atoms with E-state index < -0.39 is 10.0 Å². The van der Waals surface area contributed by atoms with E-state index in [0.717, 1.165) is 5.56 Å². The first-order valence-corrected chi connectivity index (χ1v) is 10.2. The van der Waals surface area contributed by atoms with Crippen LogP contribution < -0.4 is 15.8 Å². The van der Waals surface area contributed by atoms with Crippen molar-refractivity contribution in [2.75, 3.05) is 18.4 Å². The van der Waals surface area contributed by atoms with Gasteiger partial charge in [-0.15, -0.1) is 0 Å². The molecule has 0 radical (unpaired) electrons. The van der Waals surface area contributed by atoms with E-state index >= 15 is 0 Å². The largest absolute Gasteiger partial charge is 0.329 e. The molecule has 6 nitrogen and oxygen atoms in total. The molecule has 1 amide bonds. The molecule has 0 aliphatic carbocycles. The van der Waals surface area contributed by atoms with Crippen LogP contribution in [0.4, 0.5) is 10.1 Å². The van der Waals surface area contributed by atoms with Crippen LogP contribution in [-0.4, -0.2) is 27.4 Å². The maximum Gasteiger partial charge on any atom is 0.240 e. The molecule has 0 saturated heterocycles. The van der Waals surface area contributed by atoms with Crippen LogP contribution in [-0.2, 0) is 21.2 Å². The van der Waals surface area contributed by atoms with Crippen molar-refractivity contribution in [3.8, 4) is 0 Å². The SMILES string of the molecule is CC(CCc1cccc(F)c1)C(=O)Nc1cccc(S(=O)(=O)NCCN)c1. The summed E-state index contributed by atoms with van der Waals surface area (Å²) in [6.07, 6.45) is 1.12. The molecule has 4 N–H and O–H groups in total. The summed E-state index contributed by atoms with van der Waals surface area (Å²) in [5, 5.41) is 2.73. The Morgan fingerprint density at radius 1 is 1.19 bits per heavy atom. The van der Waals surface area contributed by atoms with Crippen molar-refractivity contribution in [2.45, 2.75) is 24.7 Å². The lowest BCUT2D eigenvalue weighted by molar-refractivity contribution is -0.119. The molecule has 0 spiro atoms. The topological polar surface area (TPSA) is 101 Å². The van der Waals surface area contributed by atoms with Crippen LogP contribution >= 0.6 is 0 Å². The second kappa shape index (κ2) is 9.59. The number of aryl methyl sites for hydroxylation is 1. The van der Waals surface area contributed by atoms with Gasteiger partial charge in [0.15, 0.2) is 0 Å². The Kier molecular flexibility index (Phi) is 7.46. The van der Waals surface area contributed by atoms with Crippen molar-refractivity contribution in [1.82, 2.24) is 4.72 Å². The molecule has 2 aromatic rings. The van der Waals surface area contributed by atoms with E-state index in [1.807, 2.05) is 6.07 Å². The number of benzene rings is 2. The van der Waals surface area contributed by atoms with Crippen LogP contribution in [0.2, 0.25) is 0 Å². The number of nitrogens with one attached hydrogen (secondary N) is 2. The van der Waals surface area contributed by atoms with Crippen molar-refractivity contribution in [1.29, 1.82) is 0 Å². The van der Waals surface area contributed by atoms with Crippen LogP contribution in [0.1, 0.15) is 18.9 Å². The number of anilines is 1. The number of rotatable bonds is 9. The van der Waals surface area contributed by atoms with Gasteiger partial charge in [-0.2, -0.15) is 0 Å². The van der Waals surface area contributed by atoms with Gasteiger partial charge < -0.3 is 11.1 Å². The predicted octanol–water partition coefficient (Wildman–Crippen LogP) is 2.27. The number of carbonyl (C=O) groups excluding carboxylic acids is 1. The quantitative estimate of drug-likeness (QED) is 0.608. The van der Waals surface area contributed by atoms with Crippen LogP contribution in [0.25, 0.3) is 0 Å². The van der Waals surface area contributed by atoms with Crippen LogP contribution in [0.3, 0.4) is 0 Å². The molecule has 0 aliphatic rings. The number of carbonyl (C=O) groups is 1. The molecular weight excluding hydrogens is 369 g/mol. The summed E-state index contributed by atoms with van der Waals surface area (Å²) in [6, 6.07) is 12.3. The van der Waals surface area contributed by atoms with E-state index in [1.165, 1.54) is 24.3 Å². The fourth-order valence-corrected chi connectivity index (χ4v) is 3.58. The highest BCUT2D eigenvalue weighted by Gasteiger charge is 2.16. The smallest absolute Gasteiger partial charge is 0.240 e. The predicted molar refractivity (Wildman–Crippen MR) is 103 cm³/mol. The Morgan fingerprint density at radius 3 is 2.63 bits per heavy atom. The van der Waals surface area contributed by atoms with E-state index in [2.05, 4.69) is 10.0 Å². The molecule has 27 heavy (non-hydrogen) atoms. The number of hydrogen-bond acceptors (Lipinski definition) is 4. The highest BCUT2D eigenvalue weighted by atomic mass is 32.2. The summed E-state index contributed by atoms with van der Waals surface area (Å²) < 4.78 is 39.9. The summed E-state index contributed by atoms with van der Waals surface area (Å²) in [5.41, 5.74) is 6.54. The van der Waals surface area contributed by atoms with Crippen molar-refractivity contribution >= 4 is 21.6 Å². The standard InChI is InChI=1S/C19H24FN3O3S/c1-14(8-9-15-4-2-5-16(20)12-15)19(24)23-17-6-3-7-18(13-17)27(25,26)22-11-10-21/h2-7,12-14,22H,8-11,21H2,1H3,(H,23,24).